The molecule has 0 radical (unpaired) electrons. The zero-order valence-corrected chi connectivity index (χ0v) is 13.3. The normalized spacial score (nSPS) is 13.7. The third-order valence-electron chi connectivity index (χ3n) is 3.85. The number of hydrogen-bond acceptors (Lipinski definition) is 4. The zero-order valence-electron chi connectivity index (χ0n) is 13.3. The molecule has 132 valence electrons. The lowest BCUT2D eigenvalue weighted by Crippen LogP contribution is -2.23. The van der Waals surface area contributed by atoms with Gasteiger partial charge < -0.3 is 9.84 Å². The lowest BCUT2D eigenvalue weighted by Gasteiger charge is -2.24. The first-order chi connectivity index (χ1) is 11.9. The minimum atomic E-state index is -4.69. The lowest BCUT2D eigenvalue weighted by atomic mass is 9.98. The molecule has 2 aromatic rings. The van der Waals surface area contributed by atoms with Gasteiger partial charge in [0.05, 0.1) is 12.8 Å². The van der Waals surface area contributed by atoms with Crippen LogP contribution in [0.1, 0.15) is 17.5 Å². The molecule has 4 nitrogen and oxygen atoms in total. The van der Waals surface area contributed by atoms with Crippen molar-refractivity contribution in [2.45, 2.75) is 19.3 Å². The second-order valence-corrected chi connectivity index (χ2v) is 5.70. The molecule has 1 aliphatic rings. The van der Waals surface area contributed by atoms with E-state index in [0.29, 0.717) is 19.5 Å². The molecule has 2 aromatic carbocycles. The minimum Gasteiger partial charge on any atom is -0.406 e. The second kappa shape index (κ2) is 7.14. The Bertz CT molecular complexity index is 758. The average molecular weight is 350 g/mol. The number of aliphatic hydroxyl groups is 1. The fourth-order valence-electron chi connectivity index (χ4n) is 2.67. The highest BCUT2D eigenvalue weighted by Crippen LogP contribution is 2.28. The maximum atomic E-state index is 12.2. The van der Waals surface area contributed by atoms with Crippen molar-refractivity contribution in [3.63, 3.8) is 0 Å². The van der Waals surface area contributed by atoms with Crippen molar-refractivity contribution in [2.24, 2.45) is 5.10 Å². The SMILES string of the molecule is OCCCN1Cc2cc(-c3ccc(OC(F)(F)F)cc3)ccc2C=N1. The van der Waals surface area contributed by atoms with Gasteiger partial charge in [0.25, 0.3) is 0 Å². The van der Waals surface area contributed by atoms with Crippen LogP contribution in [0.25, 0.3) is 11.1 Å². The van der Waals surface area contributed by atoms with Crippen LogP contribution in [0.4, 0.5) is 13.2 Å². The van der Waals surface area contributed by atoms with Crippen LogP contribution in [-0.4, -0.2) is 35.8 Å². The largest absolute Gasteiger partial charge is 0.573 e. The number of hydrogen-bond donors (Lipinski definition) is 1. The summed E-state index contributed by atoms with van der Waals surface area (Å²) in [5.74, 6) is -0.239. The van der Waals surface area contributed by atoms with E-state index in [-0.39, 0.29) is 12.4 Å². The van der Waals surface area contributed by atoms with E-state index in [4.69, 9.17) is 5.11 Å². The van der Waals surface area contributed by atoms with Gasteiger partial charge in [0.2, 0.25) is 0 Å². The highest BCUT2D eigenvalue weighted by molar-refractivity contribution is 5.84. The first-order valence-corrected chi connectivity index (χ1v) is 7.83. The van der Waals surface area contributed by atoms with Gasteiger partial charge in [-0.25, -0.2) is 0 Å². The first-order valence-electron chi connectivity index (χ1n) is 7.83. The van der Waals surface area contributed by atoms with Crippen LogP contribution in [0.2, 0.25) is 0 Å². The van der Waals surface area contributed by atoms with Crippen LogP contribution < -0.4 is 4.74 Å². The van der Waals surface area contributed by atoms with Crippen LogP contribution in [0.3, 0.4) is 0 Å². The van der Waals surface area contributed by atoms with Crippen LogP contribution in [0.15, 0.2) is 47.6 Å². The molecule has 3 rings (SSSR count). The molecule has 0 amide bonds. The van der Waals surface area contributed by atoms with E-state index in [9.17, 15) is 13.2 Å². The van der Waals surface area contributed by atoms with Crippen molar-refractivity contribution >= 4 is 6.21 Å². The second-order valence-electron chi connectivity index (χ2n) is 5.70. The van der Waals surface area contributed by atoms with Crippen LogP contribution >= 0.6 is 0 Å². The van der Waals surface area contributed by atoms with E-state index in [1.807, 2.05) is 23.2 Å². The summed E-state index contributed by atoms with van der Waals surface area (Å²) < 4.78 is 40.6. The van der Waals surface area contributed by atoms with E-state index in [1.54, 1.807) is 18.3 Å². The predicted octanol–water partition coefficient (Wildman–Crippen LogP) is 3.78. The number of benzene rings is 2. The first kappa shape index (κ1) is 17.3. The van der Waals surface area contributed by atoms with Gasteiger partial charge in [-0.2, -0.15) is 5.10 Å². The van der Waals surface area contributed by atoms with Gasteiger partial charge in [0, 0.05) is 13.2 Å². The fourth-order valence-corrected chi connectivity index (χ4v) is 2.67. The molecule has 0 aromatic heterocycles. The topological polar surface area (TPSA) is 45.1 Å². The van der Waals surface area contributed by atoms with Gasteiger partial charge in [0.15, 0.2) is 0 Å². The average Bonchev–Trinajstić information content (AvgIpc) is 2.58. The van der Waals surface area contributed by atoms with Gasteiger partial charge in [-0.05, 0) is 46.9 Å². The molecule has 0 spiro atoms. The third-order valence-corrected chi connectivity index (χ3v) is 3.85. The Labute approximate surface area is 143 Å². The summed E-state index contributed by atoms with van der Waals surface area (Å²) >= 11 is 0. The number of nitrogens with zero attached hydrogens (tertiary/aromatic N) is 2. The molecular formula is C18H17F3N2O2. The molecule has 0 fully saturated rings. The lowest BCUT2D eigenvalue weighted by molar-refractivity contribution is -0.274. The molecule has 1 N–H and O–H groups in total. The summed E-state index contributed by atoms with van der Waals surface area (Å²) in [6.07, 6.45) is -2.27. The van der Waals surface area contributed by atoms with Gasteiger partial charge in [0.1, 0.15) is 5.75 Å². The Morgan fingerprint density at radius 1 is 1.08 bits per heavy atom. The number of halogens is 3. The van der Waals surface area contributed by atoms with E-state index in [2.05, 4.69) is 9.84 Å². The van der Waals surface area contributed by atoms with E-state index >= 15 is 0 Å². The van der Waals surface area contributed by atoms with E-state index < -0.39 is 6.36 Å². The van der Waals surface area contributed by atoms with E-state index in [0.717, 1.165) is 22.3 Å². The smallest absolute Gasteiger partial charge is 0.406 e. The van der Waals surface area contributed by atoms with Crippen molar-refractivity contribution in [2.75, 3.05) is 13.2 Å². The molecule has 0 aliphatic carbocycles. The highest BCUT2D eigenvalue weighted by Gasteiger charge is 2.30. The monoisotopic (exact) mass is 350 g/mol. The fraction of sp³-hybridized carbons (Fsp3) is 0.278. The van der Waals surface area contributed by atoms with Gasteiger partial charge in [-0.3, -0.25) is 5.01 Å². The number of fused-ring (bicyclic) bond motifs is 1. The maximum absolute atomic E-state index is 12.2. The summed E-state index contributed by atoms with van der Waals surface area (Å²) in [4.78, 5) is 0. The van der Waals surface area contributed by atoms with Crippen molar-refractivity contribution in [1.29, 1.82) is 0 Å². The maximum Gasteiger partial charge on any atom is 0.573 e. The van der Waals surface area contributed by atoms with E-state index in [1.165, 1.54) is 12.1 Å². The number of ether oxygens (including phenoxy) is 1. The predicted molar refractivity (Wildman–Crippen MR) is 88.3 cm³/mol. The molecule has 1 heterocycles. The Morgan fingerprint density at radius 2 is 1.80 bits per heavy atom. The van der Waals surface area contributed by atoms with Crippen LogP contribution in [0, 0.1) is 0 Å². The van der Waals surface area contributed by atoms with Crippen LogP contribution in [-0.2, 0) is 6.54 Å². The Morgan fingerprint density at radius 3 is 2.48 bits per heavy atom. The molecule has 0 bridgehead atoms. The number of hydrazone groups is 1. The third kappa shape index (κ3) is 4.51. The summed E-state index contributed by atoms with van der Waals surface area (Å²) in [6, 6.07) is 11.7. The van der Waals surface area contributed by atoms with Crippen molar-refractivity contribution in [3.05, 3.63) is 53.6 Å². The Balaban J connectivity index is 1.77. The van der Waals surface area contributed by atoms with Crippen molar-refractivity contribution in [1.82, 2.24) is 5.01 Å². The van der Waals surface area contributed by atoms with Crippen LogP contribution in [0.5, 0.6) is 5.75 Å². The zero-order chi connectivity index (χ0) is 17.9. The standard InChI is InChI=1S/C18H17F3N2O2/c19-18(20,21)25-17-6-4-13(5-7-17)14-2-3-15-11-22-23(8-1-9-24)12-16(15)10-14/h2-7,10-11,24H,1,8-9,12H2. The molecule has 0 saturated carbocycles. The molecule has 1 aliphatic heterocycles. The van der Waals surface area contributed by atoms with Gasteiger partial charge in [-0.15, -0.1) is 13.2 Å². The van der Waals surface area contributed by atoms with Gasteiger partial charge >= 0.3 is 6.36 Å². The number of aliphatic hydroxyl groups excluding tert-OH is 1. The summed E-state index contributed by atoms with van der Waals surface area (Å²) in [7, 11) is 0. The Kier molecular flexibility index (Phi) is 4.94. The molecular weight excluding hydrogens is 333 g/mol. The summed E-state index contributed by atoms with van der Waals surface area (Å²) in [5.41, 5.74) is 3.82. The number of rotatable bonds is 5. The summed E-state index contributed by atoms with van der Waals surface area (Å²) in [6.45, 7) is 1.42. The van der Waals surface area contributed by atoms with Crippen molar-refractivity contribution < 1.29 is 23.0 Å². The van der Waals surface area contributed by atoms with Crippen molar-refractivity contribution in [3.8, 4) is 16.9 Å². The number of alkyl halides is 3. The van der Waals surface area contributed by atoms with Gasteiger partial charge in [-0.1, -0.05) is 24.3 Å². The molecule has 7 heteroatoms. The molecule has 0 unspecified atom stereocenters. The highest BCUT2D eigenvalue weighted by atomic mass is 19.4. The minimum absolute atomic E-state index is 0.116. The molecule has 0 saturated heterocycles. The molecule has 0 atom stereocenters. The quantitative estimate of drug-likeness (QED) is 0.892. The Hall–Kier alpha value is -2.54. The molecule has 25 heavy (non-hydrogen) atoms. The summed E-state index contributed by atoms with van der Waals surface area (Å²) in [5, 5.41) is 15.1.